The summed E-state index contributed by atoms with van der Waals surface area (Å²) in [5.74, 6) is -1.87. The Morgan fingerprint density at radius 3 is 2.43 bits per heavy atom. The third kappa shape index (κ3) is 2.53. The number of hydrogen-bond acceptors (Lipinski definition) is 1. The Balaban J connectivity index is 2.05. The van der Waals surface area contributed by atoms with Crippen LogP contribution in [0.3, 0.4) is 0 Å². The molecule has 1 aliphatic rings. The van der Waals surface area contributed by atoms with E-state index in [0.29, 0.717) is 11.5 Å². The first-order valence-electron chi connectivity index (χ1n) is 6.86. The van der Waals surface area contributed by atoms with E-state index in [4.69, 9.17) is 0 Å². The number of ketones is 1. The standard InChI is InChI=1S/C17H13BrF2O/c18-15-13(8-9-14(19)16(15)20)17(21)12-7-2-1-6-11(12)10-4-3-5-10/h1-2,6-10H,3-5H2. The third-order valence-electron chi connectivity index (χ3n) is 4.03. The smallest absolute Gasteiger partial charge is 0.194 e. The minimum absolute atomic E-state index is 0.115. The molecule has 108 valence electrons. The lowest BCUT2D eigenvalue weighted by molar-refractivity contribution is 0.103. The van der Waals surface area contributed by atoms with Crippen LogP contribution >= 0.6 is 15.9 Å². The molecule has 0 bridgehead atoms. The fraction of sp³-hybridized carbons (Fsp3) is 0.235. The molecule has 3 rings (SSSR count). The second-order valence-corrected chi connectivity index (χ2v) is 6.06. The molecular weight excluding hydrogens is 338 g/mol. The zero-order valence-electron chi connectivity index (χ0n) is 11.2. The number of carbonyl (C=O) groups is 1. The molecule has 0 amide bonds. The van der Waals surface area contributed by atoms with Gasteiger partial charge in [-0.2, -0.15) is 0 Å². The molecular formula is C17H13BrF2O. The maximum atomic E-state index is 13.6. The van der Waals surface area contributed by atoms with Crippen LogP contribution in [0, 0.1) is 11.6 Å². The van der Waals surface area contributed by atoms with Crippen molar-refractivity contribution < 1.29 is 13.6 Å². The first kappa shape index (κ1) is 14.4. The molecule has 4 heteroatoms. The van der Waals surface area contributed by atoms with Crippen LogP contribution in [0.1, 0.15) is 46.7 Å². The quantitative estimate of drug-likeness (QED) is 0.547. The second kappa shape index (κ2) is 5.68. The molecule has 1 saturated carbocycles. The van der Waals surface area contributed by atoms with Crippen molar-refractivity contribution in [2.24, 2.45) is 0 Å². The summed E-state index contributed by atoms with van der Waals surface area (Å²) in [6.07, 6.45) is 3.31. The van der Waals surface area contributed by atoms with Gasteiger partial charge in [0.05, 0.1) is 4.47 Å². The van der Waals surface area contributed by atoms with Gasteiger partial charge in [0.1, 0.15) is 0 Å². The summed E-state index contributed by atoms with van der Waals surface area (Å²) >= 11 is 2.99. The normalized spacial score (nSPS) is 14.8. The maximum Gasteiger partial charge on any atom is 0.194 e. The van der Waals surface area contributed by atoms with Gasteiger partial charge in [0, 0.05) is 11.1 Å². The topological polar surface area (TPSA) is 17.1 Å². The molecule has 0 unspecified atom stereocenters. The number of rotatable bonds is 3. The largest absolute Gasteiger partial charge is 0.289 e. The summed E-state index contributed by atoms with van der Waals surface area (Å²) in [7, 11) is 0. The van der Waals surface area contributed by atoms with Gasteiger partial charge in [-0.3, -0.25) is 4.79 Å². The van der Waals surface area contributed by atoms with Crippen LogP contribution in [0.4, 0.5) is 8.78 Å². The Morgan fingerprint density at radius 2 is 1.76 bits per heavy atom. The van der Waals surface area contributed by atoms with Gasteiger partial charge in [-0.15, -0.1) is 0 Å². The molecule has 0 spiro atoms. The lowest BCUT2D eigenvalue weighted by Gasteiger charge is -2.27. The molecule has 0 aliphatic heterocycles. The Labute approximate surface area is 130 Å². The van der Waals surface area contributed by atoms with Crippen LogP contribution in [0.5, 0.6) is 0 Å². The first-order chi connectivity index (χ1) is 10.1. The molecule has 1 nitrogen and oxygen atoms in total. The Kier molecular flexibility index (Phi) is 3.89. The van der Waals surface area contributed by atoms with Crippen molar-refractivity contribution in [1.82, 2.24) is 0 Å². The summed E-state index contributed by atoms with van der Waals surface area (Å²) < 4.78 is 26.7. The lowest BCUT2D eigenvalue weighted by atomic mass is 9.77. The summed E-state index contributed by atoms with van der Waals surface area (Å²) in [6.45, 7) is 0. The summed E-state index contributed by atoms with van der Waals surface area (Å²) in [5, 5.41) is 0. The summed E-state index contributed by atoms with van der Waals surface area (Å²) in [5.41, 5.74) is 1.74. The van der Waals surface area contributed by atoms with Crippen LogP contribution in [0.2, 0.25) is 0 Å². The molecule has 2 aromatic carbocycles. The van der Waals surface area contributed by atoms with Gasteiger partial charge in [0.15, 0.2) is 17.4 Å². The highest BCUT2D eigenvalue weighted by Crippen LogP contribution is 2.39. The SMILES string of the molecule is O=C(c1ccccc1C1CCC1)c1ccc(F)c(F)c1Br. The lowest BCUT2D eigenvalue weighted by Crippen LogP contribution is -2.15. The summed E-state index contributed by atoms with van der Waals surface area (Å²) in [4.78, 5) is 12.7. The van der Waals surface area contributed by atoms with Crippen molar-refractivity contribution in [2.75, 3.05) is 0 Å². The van der Waals surface area contributed by atoms with E-state index in [2.05, 4.69) is 15.9 Å². The van der Waals surface area contributed by atoms with E-state index in [-0.39, 0.29) is 15.8 Å². The average molecular weight is 351 g/mol. The number of hydrogen-bond donors (Lipinski definition) is 0. The molecule has 0 heterocycles. The molecule has 0 N–H and O–H groups in total. The molecule has 0 atom stereocenters. The fourth-order valence-electron chi connectivity index (χ4n) is 2.63. The van der Waals surface area contributed by atoms with Crippen LogP contribution < -0.4 is 0 Å². The molecule has 2 aromatic rings. The Morgan fingerprint density at radius 1 is 1.05 bits per heavy atom. The molecule has 0 saturated heterocycles. The van der Waals surface area contributed by atoms with E-state index in [0.717, 1.165) is 24.5 Å². The van der Waals surface area contributed by atoms with Gasteiger partial charge in [0.25, 0.3) is 0 Å². The van der Waals surface area contributed by atoms with Crippen molar-refractivity contribution in [3.05, 3.63) is 69.2 Å². The third-order valence-corrected chi connectivity index (χ3v) is 4.81. The van der Waals surface area contributed by atoms with E-state index >= 15 is 0 Å². The molecule has 0 aromatic heterocycles. The molecule has 1 fully saturated rings. The van der Waals surface area contributed by atoms with Crippen molar-refractivity contribution in [1.29, 1.82) is 0 Å². The molecule has 1 aliphatic carbocycles. The van der Waals surface area contributed by atoms with Crippen LogP contribution in [-0.4, -0.2) is 5.78 Å². The van der Waals surface area contributed by atoms with Crippen molar-refractivity contribution >= 4 is 21.7 Å². The summed E-state index contributed by atoms with van der Waals surface area (Å²) in [6, 6.07) is 9.71. The number of carbonyl (C=O) groups excluding carboxylic acids is 1. The van der Waals surface area contributed by atoms with E-state index in [1.165, 1.54) is 12.5 Å². The van der Waals surface area contributed by atoms with E-state index in [1.54, 1.807) is 12.1 Å². The van der Waals surface area contributed by atoms with Crippen LogP contribution in [0.25, 0.3) is 0 Å². The highest BCUT2D eigenvalue weighted by atomic mass is 79.9. The van der Waals surface area contributed by atoms with Gasteiger partial charge in [-0.25, -0.2) is 8.78 Å². The predicted molar refractivity (Wildman–Crippen MR) is 80.5 cm³/mol. The van der Waals surface area contributed by atoms with Crippen molar-refractivity contribution in [3.63, 3.8) is 0 Å². The second-order valence-electron chi connectivity index (χ2n) is 5.27. The minimum Gasteiger partial charge on any atom is -0.289 e. The van der Waals surface area contributed by atoms with E-state index in [1.807, 2.05) is 12.1 Å². The van der Waals surface area contributed by atoms with E-state index < -0.39 is 11.6 Å². The highest BCUT2D eigenvalue weighted by Gasteiger charge is 2.26. The van der Waals surface area contributed by atoms with Gasteiger partial charge in [-0.1, -0.05) is 30.7 Å². The fourth-order valence-corrected chi connectivity index (χ4v) is 3.13. The van der Waals surface area contributed by atoms with E-state index in [9.17, 15) is 13.6 Å². The van der Waals surface area contributed by atoms with Crippen LogP contribution in [0.15, 0.2) is 40.9 Å². The maximum absolute atomic E-state index is 13.6. The Hall–Kier alpha value is -1.55. The van der Waals surface area contributed by atoms with Gasteiger partial charge >= 0.3 is 0 Å². The van der Waals surface area contributed by atoms with Gasteiger partial charge in [0.2, 0.25) is 0 Å². The zero-order chi connectivity index (χ0) is 15.0. The number of halogens is 3. The average Bonchev–Trinajstić information content (AvgIpc) is 2.43. The zero-order valence-corrected chi connectivity index (χ0v) is 12.8. The molecule has 21 heavy (non-hydrogen) atoms. The van der Waals surface area contributed by atoms with Gasteiger partial charge in [-0.05, 0) is 52.4 Å². The predicted octanol–water partition coefficient (Wildman–Crippen LogP) is 5.23. The van der Waals surface area contributed by atoms with Crippen LogP contribution in [-0.2, 0) is 0 Å². The highest BCUT2D eigenvalue weighted by molar-refractivity contribution is 9.10. The monoisotopic (exact) mass is 350 g/mol. The first-order valence-corrected chi connectivity index (χ1v) is 7.66. The number of benzene rings is 2. The van der Waals surface area contributed by atoms with Gasteiger partial charge < -0.3 is 0 Å². The van der Waals surface area contributed by atoms with Crippen molar-refractivity contribution in [2.45, 2.75) is 25.2 Å². The van der Waals surface area contributed by atoms with Crippen molar-refractivity contribution in [3.8, 4) is 0 Å². The minimum atomic E-state index is -1.03. The Bertz CT molecular complexity index is 708. The molecule has 0 radical (unpaired) electrons.